The summed E-state index contributed by atoms with van der Waals surface area (Å²) < 4.78 is 0. The minimum absolute atomic E-state index is 0.155. The second-order valence-electron chi connectivity index (χ2n) is 8.67. The van der Waals surface area contributed by atoms with E-state index in [4.69, 9.17) is 19.8 Å². The molecule has 174 valence electrons. The Balaban J connectivity index is 0.000000360. The summed E-state index contributed by atoms with van der Waals surface area (Å²) in [6, 6.07) is 16.5. The number of carbonyl (C=O) groups excluding carboxylic acids is 2. The number of carbonyl (C=O) groups is 4. The molecule has 2 amide bonds. The number of benzene rings is 2. The maximum Gasteiger partial charge on any atom is 0.414 e. The molecule has 3 aromatic rings. The molecule has 0 aliphatic carbocycles. The van der Waals surface area contributed by atoms with Crippen molar-refractivity contribution in [2.45, 2.75) is 31.3 Å². The number of aliphatic carboxylic acids is 2. The number of carboxylic acid groups (broad SMARTS) is 2. The van der Waals surface area contributed by atoms with Crippen LogP contribution in [0.4, 0.5) is 0 Å². The fraction of sp³-hybridized carbons (Fsp3) is 0.280. The Bertz CT molecular complexity index is 1280. The molecule has 6 rings (SSSR count). The number of para-hydroxylation sites is 1. The number of H-pyrrole nitrogens is 1. The lowest BCUT2D eigenvalue weighted by atomic mass is 9.97. The van der Waals surface area contributed by atoms with Gasteiger partial charge < -0.3 is 15.2 Å². The Morgan fingerprint density at radius 2 is 1.50 bits per heavy atom. The highest BCUT2D eigenvalue weighted by Crippen LogP contribution is 2.46. The molecule has 0 spiro atoms. The number of aromatic nitrogens is 1. The molecule has 3 N–H and O–H groups in total. The molecule has 2 aromatic carbocycles. The Labute approximate surface area is 194 Å². The molecule has 9 heteroatoms. The van der Waals surface area contributed by atoms with Crippen molar-refractivity contribution < 1.29 is 29.4 Å². The predicted molar refractivity (Wildman–Crippen MR) is 122 cm³/mol. The van der Waals surface area contributed by atoms with Gasteiger partial charge in [-0.05, 0) is 36.6 Å². The van der Waals surface area contributed by atoms with Gasteiger partial charge >= 0.3 is 11.9 Å². The van der Waals surface area contributed by atoms with Crippen molar-refractivity contribution in [1.29, 1.82) is 0 Å². The average Bonchev–Trinajstić information content (AvgIpc) is 3.42. The summed E-state index contributed by atoms with van der Waals surface area (Å²) in [6.07, 6.45) is 3.33. The van der Waals surface area contributed by atoms with Crippen LogP contribution < -0.4 is 0 Å². The van der Waals surface area contributed by atoms with Gasteiger partial charge in [-0.1, -0.05) is 30.3 Å². The number of rotatable bonds is 3. The Morgan fingerprint density at radius 3 is 2.15 bits per heavy atom. The Hall–Kier alpha value is -3.98. The zero-order valence-electron chi connectivity index (χ0n) is 18.2. The van der Waals surface area contributed by atoms with Crippen LogP contribution in [0.3, 0.4) is 0 Å². The van der Waals surface area contributed by atoms with Crippen molar-refractivity contribution in [1.82, 2.24) is 14.8 Å². The quantitative estimate of drug-likeness (QED) is 0.404. The zero-order chi connectivity index (χ0) is 24.0. The normalized spacial score (nSPS) is 20.6. The third-order valence-electron chi connectivity index (χ3n) is 6.89. The lowest BCUT2D eigenvalue weighted by Gasteiger charge is -2.35. The van der Waals surface area contributed by atoms with Crippen molar-refractivity contribution in [2.24, 2.45) is 0 Å². The van der Waals surface area contributed by atoms with Crippen LogP contribution in [0.5, 0.6) is 0 Å². The molecule has 9 nitrogen and oxygen atoms in total. The third-order valence-corrected chi connectivity index (χ3v) is 6.89. The van der Waals surface area contributed by atoms with Crippen molar-refractivity contribution >= 4 is 34.7 Å². The molecule has 0 radical (unpaired) electrons. The molecular weight excluding hydrogens is 438 g/mol. The summed E-state index contributed by atoms with van der Waals surface area (Å²) in [6.45, 7) is 1.19. The summed E-state index contributed by atoms with van der Waals surface area (Å²) in [5.41, 5.74) is 5.07. The van der Waals surface area contributed by atoms with Gasteiger partial charge in [0.1, 0.15) is 0 Å². The molecule has 1 saturated heterocycles. The summed E-state index contributed by atoms with van der Waals surface area (Å²) in [7, 11) is 0. The van der Waals surface area contributed by atoms with Gasteiger partial charge in [-0.2, -0.15) is 0 Å². The Kier molecular flexibility index (Phi) is 5.41. The number of nitrogens with one attached hydrogen (secondary N) is 1. The van der Waals surface area contributed by atoms with Crippen LogP contribution in [-0.4, -0.2) is 67.9 Å². The fourth-order valence-electron chi connectivity index (χ4n) is 5.46. The summed E-state index contributed by atoms with van der Waals surface area (Å²) in [5, 5.41) is 16.1. The number of fused-ring (bicyclic) bond motifs is 7. The number of aromatic amines is 1. The minimum atomic E-state index is -1.82. The van der Waals surface area contributed by atoms with Crippen molar-refractivity contribution in [3.63, 3.8) is 0 Å². The van der Waals surface area contributed by atoms with Gasteiger partial charge in [0.2, 0.25) is 0 Å². The van der Waals surface area contributed by atoms with E-state index in [9.17, 15) is 9.59 Å². The van der Waals surface area contributed by atoms with E-state index in [2.05, 4.69) is 34.1 Å². The third kappa shape index (κ3) is 3.54. The smallest absolute Gasteiger partial charge is 0.414 e. The van der Waals surface area contributed by atoms with Crippen LogP contribution in [0.25, 0.3) is 10.9 Å². The highest BCUT2D eigenvalue weighted by Gasteiger charge is 2.42. The SMILES string of the molecule is O=C(O)C(=O)O.O=C1c2ccccc2C(=O)N1CCN1C2CCC1c1c([nH]c3ccccc13)C2. The molecule has 2 bridgehead atoms. The molecule has 4 heterocycles. The summed E-state index contributed by atoms with van der Waals surface area (Å²) in [4.78, 5) is 51.1. The molecule has 3 aliphatic rings. The first-order chi connectivity index (χ1) is 16.4. The van der Waals surface area contributed by atoms with Crippen molar-refractivity contribution in [3.05, 3.63) is 70.9 Å². The molecule has 1 fully saturated rings. The monoisotopic (exact) mass is 461 g/mol. The maximum absolute atomic E-state index is 12.7. The maximum atomic E-state index is 12.7. The number of hydrogen-bond acceptors (Lipinski definition) is 5. The number of amides is 2. The first kappa shape index (κ1) is 21.8. The number of carboxylic acids is 2. The van der Waals surface area contributed by atoms with Gasteiger partial charge in [0.25, 0.3) is 11.8 Å². The zero-order valence-corrected chi connectivity index (χ0v) is 18.2. The first-order valence-electron chi connectivity index (χ1n) is 11.1. The van der Waals surface area contributed by atoms with Crippen molar-refractivity contribution in [2.75, 3.05) is 13.1 Å². The first-order valence-corrected chi connectivity index (χ1v) is 11.1. The second kappa shape index (κ2) is 8.42. The fourth-order valence-corrected chi connectivity index (χ4v) is 5.46. The lowest BCUT2D eigenvalue weighted by molar-refractivity contribution is -0.159. The van der Waals surface area contributed by atoms with Gasteiger partial charge in [-0.25, -0.2) is 9.59 Å². The van der Waals surface area contributed by atoms with Gasteiger partial charge in [-0.15, -0.1) is 0 Å². The molecule has 1 aromatic heterocycles. The second-order valence-corrected chi connectivity index (χ2v) is 8.67. The number of nitrogens with zero attached hydrogens (tertiary/aromatic N) is 2. The van der Waals surface area contributed by atoms with Crippen LogP contribution >= 0.6 is 0 Å². The van der Waals surface area contributed by atoms with E-state index in [1.54, 1.807) is 12.1 Å². The highest BCUT2D eigenvalue weighted by molar-refractivity contribution is 6.27. The molecule has 2 unspecified atom stereocenters. The molecule has 0 saturated carbocycles. The van der Waals surface area contributed by atoms with Gasteiger partial charge in [0, 0.05) is 48.2 Å². The van der Waals surface area contributed by atoms with E-state index < -0.39 is 11.9 Å². The van der Waals surface area contributed by atoms with E-state index >= 15 is 0 Å². The number of imide groups is 1. The number of hydrogen-bond donors (Lipinski definition) is 3. The van der Waals surface area contributed by atoms with E-state index in [-0.39, 0.29) is 11.8 Å². The van der Waals surface area contributed by atoms with Gasteiger partial charge in [-0.3, -0.25) is 19.4 Å². The molecule has 2 atom stereocenters. The summed E-state index contributed by atoms with van der Waals surface area (Å²) in [5.74, 6) is -3.96. The van der Waals surface area contributed by atoms with E-state index in [1.165, 1.54) is 33.5 Å². The van der Waals surface area contributed by atoms with Crippen molar-refractivity contribution in [3.8, 4) is 0 Å². The minimum Gasteiger partial charge on any atom is -0.473 e. The topological polar surface area (TPSA) is 131 Å². The largest absolute Gasteiger partial charge is 0.473 e. The molecule has 34 heavy (non-hydrogen) atoms. The average molecular weight is 461 g/mol. The lowest BCUT2D eigenvalue weighted by Crippen LogP contribution is -2.43. The van der Waals surface area contributed by atoms with Crippen LogP contribution in [0, 0.1) is 0 Å². The summed E-state index contributed by atoms with van der Waals surface area (Å²) >= 11 is 0. The predicted octanol–water partition coefficient (Wildman–Crippen LogP) is 2.68. The van der Waals surface area contributed by atoms with Crippen LogP contribution in [0.1, 0.15) is 50.9 Å². The molecular formula is C25H23N3O6. The van der Waals surface area contributed by atoms with E-state index in [0.29, 0.717) is 29.8 Å². The molecule has 3 aliphatic heterocycles. The van der Waals surface area contributed by atoms with Gasteiger partial charge in [0.15, 0.2) is 0 Å². The highest BCUT2D eigenvalue weighted by atomic mass is 16.4. The van der Waals surface area contributed by atoms with E-state index in [1.807, 2.05) is 12.1 Å². The Morgan fingerprint density at radius 1 is 0.882 bits per heavy atom. The standard InChI is InChI=1S/C23H21N3O2.C2H2O4/c27-22-15-5-1-2-6-16(15)23(28)26(22)12-11-25-14-9-10-20(25)21-17-7-3-4-8-18(17)24-19(21)13-14;3-1(4)2(5)6/h1-8,14,20,24H,9-13H2;(H,3,4)(H,5,6). The van der Waals surface area contributed by atoms with Crippen LogP contribution in [0.15, 0.2) is 48.5 Å². The van der Waals surface area contributed by atoms with E-state index in [0.717, 1.165) is 19.4 Å². The van der Waals surface area contributed by atoms with Gasteiger partial charge in [0.05, 0.1) is 11.1 Å². The van der Waals surface area contributed by atoms with Crippen LogP contribution in [-0.2, 0) is 16.0 Å². The van der Waals surface area contributed by atoms with Crippen LogP contribution in [0.2, 0.25) is 0 Å².